The van der Waals surface area contributed by atoms with Gasteiger partial charge in [0.05, 0.1) is 11.7 Å². The highest BCUT2D eigenvalue weighted by Gasteiger charge is 2.37. The summed E-state index contributed by atoms with van der Waals surface area (Å²) in [6, 6.07) is 11.4. The van der Waals surface area contributed by atoms with E-state index in [1.165, 1.54) is 0 Å². The molecular formula is C20H22N6O2. The number of nitrogens with zero attached hydrogens (tertiary/aromatic N) is 4. The summed E-state index contributed by atoms with van der Waals surface area (Å²) in [4.78, 5) is 27.5. The van der Waals surface area contributed by atoms with Crippen molar-refractivity contribution in [3.05, 3.63) is 60.7 Å². The van der Waals surface area contributed by atoms with Gasteiger partial charge in [-0.3, -0.25) is 9.69 Å². The molecule has 4 rings (SSSR count). The van der Waals surface area contributed by atoms with Gasteiger partial charge in [-0.1, -0.05) is 18.2 Å². The fourth-order valence-corrected chi connectivity index (χ4v) is 3.48. The average Bonchev–Trinajstić information content (AvgIpc) is 3.36. The molecule has 0 bridgehead atoms. The van der Waals surface area contributed by atoms with Crippen molar-refractivity contribution in [2.75, 3.05) is 18.9 Å². The maximum absolute atomic E-state index is 12.4. The summed E-state index contributed by atoms with van der Waals surface area (Å²) in [5.41, 5.74) is 1.73. The van der Waals surface area contributed by atoms with Crippen molar-refractivity contribution in [2.45, 2.75) is 25.0 Å². The molecule has 1 saturated heterocycles. The topological polar surface area (TPSA) is 96.2 Å². The van der Waals surface area contributed by atoms with Crippen LogP contribution in [0, 0.1) is 0 Å². The summed E-state index contributed by atoms with van der Waals surface area (Å²) >= 11 is 0. The van der Waals surface area contributed by atoms with Crippen LogP contribution in [-0.2, 0) is 11.3 Å². The first-order valence-corrected chi connectivity index (χ1v) is 9.22. The van der Waals surface area contributed by atoms with Gasteiger partial charge in [-0.05, 0) is 24.6 Å². The van der Waals surface area contributed by atoms with Gasteiger partial charge in [0.2, 0.25) is 17.7 Å². The fourth-order valence-electron chi connectivity index (χ4n) is 3.48. The summed E-state index contributed by atoms with van der Waals surface area (Å²) in [6.45, 7) is 1.21. The first-order valence-electron chi connectivity index (χ1n) is 9.22. The second-order valence-electron chi connectivity index (χ2n) is 6.72. The predicted octanol–water partition coefficient (Wildman–Crippen LogP) is 1.93. The lowest BCUT2D eigenvalue weighted by Gasteiger charge is -2.21. The van der Waals surface area contributed by atoms with Crippen molar-refractivity contribution in [1.82, 2.24) is 25.2 Å². The number of likely N-dealkylation sites (tertiary alicyclic amines) is 1. The molecule has 2 N–H and O–H groups in total. The van der Waals surface area contributed by atoms with Crippen molar-refractivity contribution in [3.8, 4) is 11.5 Å². The molecule has 1 aliphatic heterocycles. The summed E-state index contributed by atoms with van der Waals surface area (Å²) in [6.07, 6.45) is 5.71. The largest absolute Gasteiger partial charge is 0.444 e. The summed E-state index contributed by atoms with van der Waals surface area (Å²) < 4.78 is 5.63. The lowest BCUT2D eigenvalue weighted by molar-refractivity contribution is -0.125. The van der Waals surface area contributed by atoms with Crippen LogP contribution in [0.3, 0.4) is 0 Å². The van der Waals surface area contributed by atoms with Crippen LogP contribution in [0.4, 0.5) is 5.95 Å². The maximum Gasteiger partial charge on any atom is 0.237 e. The SMILES string of the molecule is CNC(=O)[C@@H]1C[C@@H](Nc2ncccn2)CN1Cc1coc(-c2ccccc2)n1. The number of amides is 1. The molecular weight excluding hydrogens is 356 g/mol. The quantitative estimate of drug-likeness (QED) is 0.676. The van der Waals surface area contributed by atoms with E-state index in [2.05, 4.69) is 30.5 Å². The number of carbonyl (C=O) groups excluding carboxylic acids is 1. The molecule has 1 aliphatic rings. The third-order valence-corrected chi connectivity index (χ3v) is 4.79. The normalized spacial score (nSPS) is 19.5. The zero-order chi connectivity index (χ0) is 19.3. The van der Waals surface area contributed by atoms with Crippen LogP contribution < -0.4 is 10.6 Å². The molecule has 0 unspecified atom stereocenters. The van der Waals surface area contributed by atoms with Gasteiger partial charge < -0.3 is 15.1 Å². The van der Waals surface area contributed by atoms with Crippen LogP contribution in [0.1, 0.15) is 12.1 Å². The van der Waals surface area contributed by atoms with Gasteiger partial charge in [0, 0.05) is 44.1 Å². The summed E-state index contributed by atoms with van der Waals surface area (Å²) in [7, 11) is 1.66. The second kappa shape index (κ2) is 8.18. The maximum atomic E-state index is 12.4. The van der Waals surface area contributed by atoms with E-state index < -0.39 is 0 Å². The molecule has 1 amide bonds. The van der Waals surface area contributed by atoms with E-state index in [0.717, 1.165) is 11.3 Å². The van der Waals surface area contributed by atoms with Gasteiger partial charge in [-0.2, -0.15) is 0 Å². The second-order valence-corrected chi connectivity index (χ2v) is 6.72. The molecule has 28 heavy (non-hydrogen) atoms. The van der Waals surface area contributed by atoms with Gasteiger partial charge in [0.15, 0.2) is 0 Å². The number of hydrogen-bond acceptors (Lipinski definition) is 7. The smallest absolute Gasteiger partial charge is 0.237 e. The van der Waals surface area contributed by atoms with Crippen LogP contribution >= 0.6 is 0 Å². The first-order chi connectivity index (χ1) is 13.7. The highest BCUT2D eigenvalue weighted by molar-refractivity contribution is 5.82. The van der Waals surface area contributed by atoms with Crippen LogP contribution in [-0.4, -0.2) is 51.4 Å². The number of oxazole rings is 1. The minimum absolute atomic E-state index is 0.00921. The number of likely N-dealkylation sites (N-methyl/N-ethyl adjacent to an activating group) is 1. The Labute approximate surface area is 163 Å². The zero-order valence-corrected chi connectivity index (χ0v) is 15.6. The predicted molar refractivity (Wildman–Crippen MR) is 104 cm³/mol. The number of rotatable bonds is 6. The zero-order valence-electron chi connectivity index (χ0n) is 15.6. The van der Waals surface area contributed by atoms with Gasteiger partial charge in [0.1, 0.15) is 6.26 Å². The third kappa shape index (κ3) is 4.01. The van der Waals surface area contributed by atoms with Gasteiger partial charge in [-0.15, -0.1) is 0 Å². The Kier molecular flexibility index (Phi) is 5.29. The number of anilines is 1. The van der Waals surface area contributed by atoms with Crippen molar-refractivity contribution in [3.63, 3.8) is 0 Å². The monoisotopic (exact) mass is 378 g/mol. The standard InChI is InChI=1S/C20H22N6O2/c1-21-18(27)17-10-15(25-20-22-8-5-9-23-20)11-26(17)12-16-13-28-19(24-16)14-6-3-2-4-7-14/h2-9,13,15,17H,10-12H2,1H3,(H,21,27)(H,22,23,25)/t15-,17+/m1/s1. The van der Waals surface area contributed by atoms with Crippen LogP contribution in [0.5, 0.6) is 0 Å². The average molecular weight is 378 g/mol. The van der Waals surface area contributed by atoms with E-state index in [-0.39, 0.29) is 18.0 Å². The molecule has 8 nitrogen and oxygen atoms in total. The highest BCUT2D eigenvalue weighted by atomic mass is 16.3. The Hall–Kier alpha value is -3.26. The minimum atomic E-state index is -0.247. The fraction of sp³-hybridized carbons (Fsp3) is 0.300. The van der Waals surface area contributed by atoms with Gasteiger partial charge in [0.25, 0.3) is 0 Å². The van der Waals surface area contributed by atoms with Crippen molar-refractivity contribution >= 4 is 11.9 Å². The molecule has 0 radical (unpaired) electrons. The molecule has 0 spiro atoms. The van der Waals surface area contributed by atoms with Crippen LogP contribution in [0.25, 0.3) is 11.5 Å². The van der Waals surface area contributed by atoms with E-state index in [9.17, 15) is 4.79 Å². The molecule has 8 heteroatoms. The Balaban J connectivity index is 1.47. The van der Waals surface area contributed by atoms with Crippen molar-refractivity contribution < 1.29 is 9.21 Å². The molecule has 3 heterocycles. The molecule has 2 atom stereocenters. The summed E-state index contributed by atoms with van der Waals surface area (Å²) in [5, 5.41) is 6.06. The lowest BCUT2D eigenvalue weighted by Crippen LogP contribution is -2.41. The summed E-state index contributed by atoms with van der Waals surface area (Å²) in [5.74, 6) is 1.14. The molecule has 0 saturated carbocycles. The number of nitrogens with one attached hydrogen (secondary N) is 2. The molecule has 1 aromatic carbocycles. The number of aromatic nitrogens is 3. The Morgan fingerprint density at radius 1 is 1.21 bits per heavy atom. The molecule has 3 aromatic rings. The Morgan fingerprint density at radius 2 is 2.00 bits per heavy atom. The number of carbonyl (C=O) groups is 1. The Bertz CT molecular complexity index is 915. The number of hydrogen-bond donors (Lipinski definition) is 2. The van der Waals surface area contributed by atoms with Crippen LogP contribution in [0.15, 0.2) is 59.5 Å². The Morgan fingerprint density at radius 3 is 2.75 bits per heavy atom. The lowest BCUT2D eigenvalue weighted by atomic mass is 10.1. The minimum Gasteiger partial charge on any atom is -0.444 e. The molecule has 144 valence electrons. The third-order valence-electron chi connectivity index (χ3n) is 4.79. The van der Waals surface area contributed by atoms with Crippen molar-refractivity contribution in [1.29, 1.82) is 0 Å². The van der Waals surface area contributed by atoms with Gasteiger partial charge in [-0.25, -0.2) is 15.0 Å². The van der Waals surface area contributed by atoms with E-state index in [1.807, 2.05) is 30.3 Å². The molecule has 2 aromatic heterocycles. The van der Waals surface area contributed by atoms with Crippen molar-refractivity contribution in [2.24, 2.45) is 0 Å². The number of benzene rings is 1. The van der Waals surface area contributed by atoms with E-state index in [1.54, 1.807) is 31.8 Å². The molecule has 1 fully saturated rings. The molecule has 0 aliphatic carbocycles. The van der Waals surface area contributed by atoms with E-state index in [0.29, 0.717) is 31.3 Å². The van der Waals surface area contributed by atoms with E-state index >= 15 is 0 Å². The highest BCUT2D eigenvalue weighted by Crippen LogP contribution is 2.24. The van der Waals surface area contributed by atoms with Gasteiger partial charge >= 0.3 is 0 Å². The van der Waals surface area contributed by atoms with E-state index in [4.69, 9.17) is 4.42 Å². The van der Waals surface area contributed by atoms with Crippen LogP contribution in [0.2, 0.25) is 0 Å². The first kappa shape index (κ1) is 18.1.